The fourth-order valence-corrected chi connectivity index (χ4v) is 8.36. The van der Waals surface area contributed by atoms with Gasteiger partial charge in [-0.3, -0.25) is 0 Å². The van der Waals surface area contributed by atoms with Gasteiger partial charge >= 0.3 is 0 Å². The number of rotatable bonds is 31. The Balaban J connectivity index is 1.32. The van der Waals surface area contributed by atoms with Gasteiger partial charge < -0.3 is 14.6 Å². The number of aromatic nitrogens is 3. The number of aliphatic hydroxyl groups excluding tert-OH is 1. The second-order valence-electron chi connectivity index (χ2n) is 17.8. The first-order valence-corrected chi connectivity index (χ1v) is 24.1. The molecular weight excluding hydrogens is 739 g/mol. The Kier molecular flexibility index (Phi) is 23.0. The number of aryl methyl sites for hydroxylation is 5. The van der Waals surface area contributed by atoms with E-state index in [1.807, 2.05) is 18.2 Å². The van der Waals surface area contributed by atoms with Gasteiger partial charge in [-0.15, -0.1) is 0 Å². The summed E-state index contributed by atoms with van der Waals surface area (Å²) < 4.78 is 12.6. The summed E-state index contributed by atoms with van der Waals surface area (Å²) in [6.45, 7) is 15.5. The minimum atomic E-state index is -0.697. The van der Waals surface area contributed by atoms with Crippen molar-refractivity contribution in [3.8, 4) is 39.9 Å². The van der Waals surface area contributed by atoms with Crippen molar-refractivity contribution < 1.29 is 14.6 Å². The second kappa shape index (κ2) is 28.1. The largest absolute Gasteiger partial charge is 0.491 e. The molecule has 1 heterocycles. The summed E-state index contributed by atoms with van der Waals surface area (Å²) in [7, 11) is 0. The van der Waals surface area contributed by atoms with Crippen molar-refractivity contribution in [1.82, 2.24) is 15.0 Å². The van der Waals surface area contributed by atoms with Crippen LogP contribution in [0.5, 0.6) is 5.75 Å². The van der Waals surface area contributed by atoms with Gasteiger partial charge in [0, 0.05) is 16.7 Å². The molecule has 0 saturated carbocycles. The van der Waals surface area contributed by atoms with Crippen molar-refractivity contribution in [3.63, 3.8) is 0 Å². The topological polar surface area (TPSA) is 77.4 Å². The SMILES string of the molecule is CCCCCCCCCCCCCC(CCCCCCCCCCC)OCC(O)COc1ccc(-c2nc(-c3ccc(C)cc3C)nc(-c3ccc(C)cc3C)n2)c(C)c1. The molecule has 0 amide bonds. The number of benzene rings is 3. The summed E-state index contributed by atoms with van der Waals surface area (Å²) in [6.07, 6.45) is 28.5. The molecule has 6 heteroatoms. The van der Waals surface area contributed by atoms with Crippen molar-refractivity contribution in [2.75, 3.05) is 13.2 Å². The molecule has 330 valence electrons. The molecule has 0 fully saturated rings. The first-order valence-electron chi connectivity index (χ1n) is 24.1. The highest BCUT2D eigenvalue weighted by Gasteiger charge is 2.18. The van der Waals surface area contributed by atoms with Crippen molar-refractivity contribution in [3.05, 3.63) is 82.4 Å². The van der Waals surface area contributed by atoms with Gasteiger partial charge in [-0.2, -0.15) is 0 Å². The number of nitrogens with zero attached hydrogens (tertiary/aromatic N) is 3. The lowest BCUT2D eigenvalue weighted by molar-refractivity contribution is -0.0315. The molecular formula is C54H81N3O3. The lowest BCUT2D eigenvalue weighted by Gasteiger charge is -2.21. The fourth-order valence-electron chi connectivity index (χ4n) is 8.36. The van der Waals surface area contributed by atoms with Crippen molar-refractivity contribution in [2.45, 2.75) is 202 Å². The lowest BCUT2D eigenvalue weighted by Crippen LogP contribution is -2.27. The predicted molar refractivity (Wildman–Crippen MR) is 254 cm³/mol. The van der Waals surface area contributed by atoms with E-state index in [1.165, 1.54) is 140 Å². The highest BCUT2D eigenvalue weighted by Crippen LogP contribution is 2.31. The fraction of sp³-hybridized carbons (Fsp3) is 0.611. The Morgan fingerprint density at radius 2 is 0.817 bits per heavy atom. The van der Waals surface area contributed by atoms with Gasteiger partial charge in [-0.1, -0.05) is 190 Å². The third-order valence-electron chi connectivity index (χ3n) is 12.0. The molecule has 0 aliphatic heterocycles. The van der Waals surface area contributed by atoms with Crippen LogP contribution in [0.1, 0.15) is 183 Å². The number of unbranched alkanes of at least 4 members (excludes halogenated alkanes) is 18. The minimum absolute atomic E-state index is 0.182. The van der Waals surface area contributed by atoms with Crippen LogP contribution in [0.2, 0.25) is 0 Å². The summed E-state index contributed by atoms with van der Waals surface area (Å²) in [4.78, 5) is 15.1. The summed E-state index contributed by atoms with van der Waals surface area (Å²) in [5.41, 5.74) is 8.59. The molecule has 2 unspecified atom stereocenters. The van der Waals surface area contributed by atoms with Gasteiger partial charge in [0.15, 0.2) is 17.5 Å². The van der Waals surface area contributed by atoms with E-state index in [9.17, 15) is 5.11 Å². The summed E-state index contributed by atoms with van der Waals surface area (Å²) in [5.74, 6) is 2.66. The van der Waals surface area contributed by atoms with Gasteiger partial charge in [0.25, 0.3) is 0 Å². The maximum atomic E-state index is 11.0. The molecule has 60 heavy (non-hydrogen) atoms. The Morgan fingerprint density at radius 3 is 1.20 bits per heavy atom. The second-order valence-corrected chi connectivity index (χ2v) is 17.8. The molecule has 2 atom stereocenters. The molecule has 0 radical (unpaired) electrons. The zero-order valence-corrected chi connectivity index (χ0v) is 38.9. The Bertz CT molecular complexity index is 1740. The van der Waals surface area contributed by atoms with Gasteiger partial charge in [0.05, 0.1) is 12.7 Å². The number of hydrogen-bond acceptors (Lipinski definition) is 6. The van der Waals surface area contributed by atoms with Crippen LogP contribution in [-0.2, 0) is 4.74 Å². The van der Waals surface area contributed by atoms with Crippen molar-refractivity contribution >= 4 is 0 Å². The third kappa shape index (κ3) is 17.8. The molecule has 1 aromatic heterocycles. The number of hydrogen-bond donors (Lipinski definition) is 1. The van der Waals surface area contributed by atoms with Gasteiger partial charge in [0.2, 0.25) is 0 Å². The van der Waals surface area contributed by atoms with Crippen molar-refractivity contribution in [2.24, 2.45) is 0 Å². The highest BCUT2D eigenvalue weighted by atomic mass is 16.5. The molecule has 0 aliphatic rings. The van der Waals surface area contributed by atoms with Gasteiger partial charge in [-0.25, -0.2) is 15.0 Å². The Labute approximate surface area is 365 Å². The molecule has 6 nitrogen and oxygen atoms in total. The standard InChI is InChI=1S/C54H81N3O3/c1-8-10-12-14-16-18-19-21-23-25-27-29-47(28-26-24-22-20-17-15-13-11-9-2)59-39-46(58)40-60-48-32-35-51(45(7)38-48)54-56-52(49-33-30-41(3)36-43(49)5)55-53(57-54)50-34-31-42(4)37-44(50)6/h30-38,46-47,58H,8-29,39-40H2,1-7H3. The van der Waals surface area contributed by atoms with Crippen LogP contribution in [-0.4, -0.2) is 45.5 Å². The smallest absolute Gasteiger partial charge is 0.164 e. The Morgan fingerprint density at radius 1 is 0.450 bits per heavy atom. The van der Waals surface area contributed by atoms with Crippen LogP contribution in [0.3, 0.4) is 0 Å². The quantitative estimate of drug-likeness (QED) is 0.0510. The Hall–Kier alpha value is -3.61. The zero-order valence-electron chi connectivity index (χ0n) is 38.9. The molecule has 0 spiro atoms. The van der Waals surface area contributed by atoms with Crippen LogP contribution >= 0.6 is 0 Å². The molecule has 3 aromatic carbocycles. The summed E-state index contributed by atoms with van der Waals surface area (Å²) in [6, 6.07) is 18.8. The molecule has 0 bridgehead atoms. The molecule has 0 saturated heterocycles. The van der Waals surface area contributed by atoms with E-state index in [1.54, 1.807) is 0 Å². The van der Waals surface area contributed by atoms with Crippen molar-refractivity contribution in [1.29, 1.82) is 0 Å². The van der Waals surface area contributed by atoms with E-state index in [0.717, 1.165) is 46.2 Å². The minimum Gasteiger partial charge on any atom is -0.491 e. The lowest BCUT2D eigenvalue weighted by atomic mass is 10.0. The maximum absolute atomic E-state index is 11.0. The zero-order chi connectivity index (χ0) is 43.0. The van der Waals surface area contributed by atoms with E-state index < -0.39 is 6.10 Å². The monoisotopic (exact) mass is 820 g/mol. The molecule has 0 aliphatic carbocycles. The normalized spacial score (nSPS) is 12.5. The average Bonchev–Trinajstić information content (AvgIpc) is 3.22. The summed E-state index contributed by atoms with van der Waals surface area (Å²) >= 11 is 0. The van der Waals surface area contributed by atoms with E-state index in [2.05, 4.69) is 84.9 Å². The molecule has 4 rings (SSSR count). The molecule has 4 aromatic rings. The van der Waals surface area contributed by atoms with Crippen LogP contribution in [0.15, 0.2) is 54.6 Å². The average molecular weight is 820 g/mol. The first kappa shape index (κ1) is 49.0. The first-order chi connectivity index (χ1) is 29.2. The van der Waals surface area contributed by atoms with Crippen LogP contribution in [0.25, 0.3) is 34.2 Å². The van der Waals surface area contributed by atoms with Crippen LogP contribution in [0, 0.1) is 34.6 Å². The van der Waals surface area contributed by atoms with Crippen LogP contribution < -0.4 is 4.74 Å². The van der Waals surface area contributed by atoms with E-state index in [4.69, 9.17) is 24.4 Å². The molecule has 1 N–H and O–H groups in total. The van der Waals surface area contributed by atoms with Gasteiger partial charge in [-0.05, 0) is 82.3 Å². The predicted octanol–water partition coefficient (Wildman–Crippen LogP) is 15.2. The van der Waals surface area contributed by atoms with E-state index in [-0.39, 0.29) is 12.7 Å². The third-order valence-corrected chi connectivity index (χ3v) is 12.0. The highest BCUT2D eigenvalue weighted by molar-refractivity contribution is 5.71. The van der Waals surface area contributed by atoms with E-state index in [0.29, 0.717) is 29.8 Å². The van der Waals surface area contributed by atoms with E-state index >= 15 is 0 Å². The maximum Gasteiger partial charge on any atom is 0.164 e. The number of ether oxygens (including phenoxy) is 2. The summed E-state index contributed by atoms with van der Waals surface area (Å²) in [5, 5.41) is 11.0. The van der Waals surface area contributed by atoms with Gasteiger partial charge in [0.1, 0.15) is 18.5 Å². The van der Waals surface area contributed by atoms with Crippen LogP contribution in [0.4, 0.5) is 0 Å². The number of aliphatic hydroxyl groups is 1.